The number of carboxylic acids is 1. The molecule has 3 aromatic carbocycles. The fourth-order valence-electron chi connectivity index (χ4n) is 4.39. The van der Waals surface area contributed by atoms with Crippen LogP contribution in [0, 0.1) is 11.2 Å². The number of aliphatic carboxylic acids is 1. The molecule has 0 aliphatic heterocycles. The van der Waals surface area contributed by atoms with Gasteiger partial charge in [-0.1, -0.05) is 11.6 Å². The minimum atomic E-state index is -1.22. The second kappa shape index (κ2) is 14.0. The summed E-state index contributed by atoms with van der Waals surface area (Å²) in [6, 6.07) is 15.1. The number of benzene rings is 3. The molecule has 4 aromatic rings. The van der Waals surface area contributed by atoms with Crippen LogP contribution in [-0.2, 0) is 14.4 Å². The van der Waals surface area contributed by atoms with E-state index in [1.165, 1.54) is 37.4 Å². The average molecular weight is 616 g/mol. The first-order chi connectivity index (χ1) is 20.7. The van der Waals surface area contributed by atoms with E-state index in [0.717, 1.165) is 0 Å². The third kappa shape index (κ3) is 7.42. The maximum atomic E-state index is 13.2. The van der Waals surface area contributed by atoms with Crippen LogP contribution in [0.1, 0.15) is 25.7 Å². The van der Waals surface area contributed by atoms with Crippen molar-refractivity contribution in [2.75, 3.05) is 24.4 Å². The van der Waals surface area contributed by atoms with Crippen molar-refractivity contribution in [1.29, 1.82) is 0 Å². The topological polar surface area (TPSA) is 136 Å². The molecule has 1 aliphatic carbocycles. The van der Waals surface area contributed by atoms with Gasteiger partial charge in [0.25, 0.3) is 0 Å². The Bertz CT molecular complexity index is 1700. The van der Waals surface area contributed by atoms with Gasteiger partial charge in [-0.15, -0.1) is 0 Å². The number of pyridine rings is 1. The molecule has 0 atom stereocenters. The Hall–Kier alpha value is -4.30. The number of hydrogen-bond donors (Lipinski definition) is 3. The van der Waals surface area contributed by atoms with Crippen molar-refractivity contribution >= 4 is 70.5 Å². The van der Waals surface area contributed by atoms with Gasteiger partial charge in [0.2, 0.25) is 11.8 Å². The summed E-state index contributed by atoms with van der Waals surface area (Å²) in [6.07, 6.45) is 2.66. The average Bonchev–Trinajstić information content (AvgIpc) is 3.80. The zero-order valence-corrected chi connectivity index (χ0v) is 23.7. The molecule has 44 heavy (non-hydrogen) atoms. The van der Waals surface area contributed by atoms with Gasteiger partial charge < -0.3 is 30.0 Å². The second-order valence-electron chi connectivity index (χ2n) is 9.92. The maximum absolute atomic E-state index is 13.2. The molecule has 224 valence electrons. The van der Waals surface area contributed by atoms with Gasteiger partial charge in [-0.2, -0.15) is 0 Å². The van der Waals surface area contributed by atoms with Crippen LogP contribution in [-0.4, -0.2) is 60.5 Å². The summed E-state index contributed by atoms with van der Waals surface area (Å²) >= 11 is 6.52. The first kappa shape index (κ1) is 32.6. The molecule has 0 radical (unpaired) electrons. The van der Waals surface area contributed by atoms with E-state index >= 15 is 0 Å². The predicted octanol–water partition coefficient (Wildman–Crippen LogP) is 5.78. The Labute approximate surface area is 269 Å². The number of rotatable bonds is 12. The SMILES string of the molecule is COc1cc2c(Oc3ccc(NC(=O)C4(C(=O)Nc5ccc(F)cc5)CC4)cc3Cl)ccnc2cc1OCCCC(=O)O.[LiH]. The number of nitrogens with zero attached hydrogens (tertiary/aromatic N) is 1. The van der Waals surface area contributed by atoms with Crippen LogP contribution in [0.4, 0.5) is 15.8 Å². The Morgan fingerprint density at radius 1 is 0.932 bits per heavy atom. The molecule has 2 amide bonds. The first-order valence-electron chi connectivity index (χ1n) is 13.4. The summed E-state index contributed by atoms with van der Waals surface area (Å²) < 4.78 is 30.5. The zero-order valence-electron chi connectivity index (χ0n) is 23.0. The molecule has 3 N–H and O–H groups in total. The number of nitrogens with one attached hydrogen (secondary N) is 2. The van der Waals surface area contributed by atoms with E-state index in [2.05, 4.69) is 15.6 Å². The Kier molecular flexibility index (Phi) is 10.4. The van der Waals surface area contributed by atoms with Crippen LogP contribution in [0.15, 0.2) is 66.9 Å². The number of fused-ring (bicyclic) bond motifs is 1. The number of hydrogen-bond acceptors (Lipinski definition) is 7. The standard InChI is InChI=1S/C31H27ClFN3O7.Li.H/c1-41-26-16-21-23(17-27(26)42-14-2-3-28(37)38)34-13-10-24(21)43-25-9-8-20(15-22(25)32)36-30(40)31(11-12-31)29(39)35-19-6-4-18(33)5-7-19;;/h4-10,13,15-17H,2-3,11-12,14H2,1H3,(H,35,39)(H,36,40)(H,37,38);;. The predicted molar refractivity (Wildman–Crippen MR) is 165 cm³/mol. The van der Waals surface area contributed by atoms with Crippen molar-refractivity contribution in [3.8, 4) is 23.0 Å². The van der Waals surface area contributed by atoms with Crippen LogP contribution in [0.3, 0.4) is 0 Å². The molecule has 0 unspecified atom stereocenters. The number of carbonyl (C=O) groups is 3. The summed E-state index contributed by atoms with van der Waals surface area (Å²) in [7, 11) is 1.49. The van der Waals surface area contributed by atoms with Gasteiger partial charge in [0.05, 0.1) is 24.3 Å². The van der Waals surface area contributed by atoms with E-state index in [1.54, 1.807) is 36.5 Å². The van der Waals surface area contributed by atoms with E-state index in [1.807, 2.05) is 0 Å². The number of anilines is 2. The molecule has 10 nitrogen and oxygen atoms in total. The van der Waals surface area contributed by atoms with Crippen molar-refractivity contribution in [2.45, 2.75) is 25.7 Å². The summed E-state index contributed by atoms with van der Waals surface area (Å²) in [5.41, 5.74) is 0.120. The van der Waals surface area contributed by atoms with Gasteiger partial charge in [-0.05, 0) is 73.9 Å². The van der Waals surface area contributed by atoms with Crippen LogP contribution in [0.5, 0.6) is 23.0 Å². The molecule has 1 aromatic heterocycles. The van der Waals surface area contributed by atoms with Gasteiger partial charge in [-0.3, -0.25) is 19.4 Å². The van der Waals surface area contributed by atoms with Crippen molar-refractivity contribution in [3.63, 3.8) is 0 Å². The molecular formula is C31H28ClFLiN3O7. The molecular weight excluding hydrogens is 588 g/mol. The van der Waals surface area contributed by atoms with Gasteiger partial charge in [0.15, 0.2) is 11.5 Å². The van der Waals surface area contributed by atoms with Crippen LogP contribution < -0.4 is 24.8 Å². The summed E-state index contributed by atoms with van der Waals surface area (Å²) in [4.78, 5) is 41.0. The molecule has 1 saturated carbocycles. The summed E-state index contributed by atoms with van der Waals surface area (Å²) in [5.74, 6) is -0.663. The number of halogens is 2. The second-order valence-corrected chi connectivity index (χ2v) is 10.3. The molecule has 0 bridgehead atoms. The Balaban J connectivity index is 0.00000442. The Morgan fingerprint density at radius 2 is 1.61 bits per heavy atom. The third-order valence-electron chi connectivity index (χ3n) is 6.91. The molecule has 1 aliphatic rings. The number of carboxylic acid groups (broad SMARTS) is 1. The normalized spacial score (nSPS) is 12.9. The van der Waals surface area contributed by atoms with Crippen molar-refractivity contribution in [2.24, 2.45) is 5.41 Å². The number of aromatic nitrogens is 1. The first-order valence-corrected chi connectivity index (χ1v) is 13.7. The Morgan fingerprint density at radius 3 is 2.25 bits per heavy atom. The van der Waals surface area contributed by atoms with E-state index in [4.69, 9.17) is 30.9 Å². The molecule has 0 saturated heterocycles. The van der Waals surface area contributed by atoms with E-state index in [-0.39, 0.29) is 36.9 Å². The van der Waals surface area contributed by atoms with Gasteiger partial charge in [-0.25, -0.2) is 4.39 Å². The zero-order chi connectivity index (χ0) is 30.6. The van der Waals surface area contributed by atoms with Gasteiger partial charge in [0, 0.05) is 35.4 Å². The fourth-order valence-corrected chi connectivity index (χ4v) is 4.61. The number of methoxy groups -OCH3 is 1. The number of ether oxygens (including phenoxy) is 3. The van der Waals surface area contributed by atoms with Crippen LogP contribution in [0.25, 0.3) is 10.9 Å². The van der Waals surface area contributed by atoms with E-state index in [9.17, 15) is 18.8 Å². The summed E-state index contributed by atoms with van der Waals surface area (Å²) in [5, 5.41) is 15.1. The van der Waals surface area contributed by atoms with E-state index < -0.39 is 29.0 Å². The molecule has 1 fully saturated rings. The molecule has 0 spiro atoms. The van der Waals surface area contributed by atoms with Crippen molar-refractivity contribution < 1.29 is 38.1 Å². The fraction of sp³-hybridized carbons (Fsp3) is 0.226. The third-order valence-corrected chi connectivity index (χ3v) is 7.21. The number of amides is 2. The van der Waals surface area contributed by atoms with Gasteiger partial charge >= 0.3 is 24.8 Å². The van der Waals surface area contributed by atoms with E-state index in [0.29, 0.717) is 64.5 Å². The van der Waals surface area contributed by atoms with Gasteiger partial charge in [0.1, 0.15) is 22.7 Å². The number of carbonyl (C=O) groups excluding carboxylic acids is 2. The van der Waals surface area contributed by atoms with Crippen LogP contribution in [0.2, 0.25) is 5.02 Å². The van der Waals surface area contributed by atoms with Crippen molar-refractivity contribution in [1.82, 2.24) is 4.98 Å². The molecule has 1 heterocycles. The minimum absolute atomic E-state index is 0. The molecule has 5 rings (SSSR count). The molecule has 13 heteroatoms. The monoisotopic (exact) mass is 615 g/mol. The van der Waals surface area contributed by atoms with Crippen molar-refractivity contribution in [3.05, 3.63) is 77.7 Å². The van der Waals surface area contributed by atoms with Crippen LogP contribution >= 0.6 is 11.6 Å². The quantitative estimate of drug-likeness (QED) is 0.104. The summed E-state index contributed by atoms with van der Waals surface area (Å²) in [6.45, 7) is 0.197.